The van der Waals surface area contributed by atoms with Crippen molar-refractivity contribution >= 4 is 11.8 Å². The average Bonchev–Trinajstić information content (AvgIpc) is 2.70. The molecule has 1 aromatic carbocycles. The van der Waals surface area contributed by atoms with E-state index in [4.69, 9.17) is 0 Å². The number of benzene rings is 1. The smallest absolute Gasteiger partial charge is 0.314 e. The molecule has 0 aliphatic heterocycles. The van der Waals surface area contributed by atoms with Crippen LogP contribution in [0.15, 0.2) is 12.1 Å². The van der Waals surface area contributed by atoms with Gasteiger partial charge in [0.1, 0.15) is 17.0 Å². The van der Waals surface area contributed by atoms with Crippen LogP contribution in [0.2, 0.25) is 0 Å². The van der Waals surface area contributed by atoms with E-state index in [2.05, 4.69) is 0 Å². The summed E-state index contributed by atoms with van der Waals surface area (Å²) in [5.74, 6) is -1.50. The van der Waals surface area contributed by atoms with Crippen LogP contribution < -0.4 is 0 Å². The first kappa shape index (κ1) is 12.7. The lowest BCUT2D eigenvalue weighted by Gasteiger charge is -2.26. The van der Waals surface area contributed by atoms with Gasteiger partial charge in [-0.3, -0.25) is 9.59 Å². The van der Waals surface area contributed by atoms with E-state index in [0.717, 1.165) is 0 Å². The lowest BCUT2D eigenvalue weighted by molar-refractivity contribution is -0.144. The molecule has 0 heterocycles. The molecule has 1 unspecified atom stereocenters. The number of carbonyl (C=O) groups excluding carboxylic acids is 1. The molecule has 4 heteroatoms. The summed E-state index contributed by atoms with van der Waals surface area (Å²) in [6.45, 7) is 3.21. The molecule has 3 nitrogen and oxygen atoms in total. The number of Topliss-reactive ketones (excluding diaryl/α,β-unsaturated/α-hetero) is 1. The third-order valence-electron chi connectivity index (χ3n) is 3.83. The largest absolute Gasteiger partial charge is 0.481 e. The number of hydrogen-bond acceptors (Lipinski definition) is 2. The summed E-state index contributed by atoms with van der Waals surface area (Å²) in [6, 6.07) is 3.21. The van der Waals surface area contributed by atoms with Crippen molar-refractivity contribution in [2.45, 2.75) is 38.5 Å². The molecular formula is C14H15FO3. The monoisotopic (exact) mass is 250 g/mol. The molecule has 1 N–H and O–H groups in total. The van der Waals surface area contributed by atoms with Crippen molar-refractivity contribution in [1.29, 1.82) is 0 Å². The molecule has 1 aromatic rings. The Balaban J connectivity index is 2.61. The highest BCUT2D eigenvalue weighted by Gasteiger charge is 2.47. The Morgan fingerprint density at radius 3 is 2.56 bits per heavy atom. The van der Waals surface area contributed by atoms with Crippen LogP contribution >= 0.6 is 0 Å². The lowest BCUT2D eigenvalue weighted by Crippen LogP contribution is -2.34. The minimum absolute atomic E-state index is 0.0360. The standard InChI is InChI=1S/C14H15FO3/c1-8-3-4-11(9(2)12(8)15)14(13(17)18)6-5-10(16)7-14/h3-4H,5-7H2,1-2H3,(H,17,18). The van der Waals surface area contributed by atoms with Crippen LogP contribution in [0.25, 0.3) is 0 Å². The van der Waals surface area contributed by atoms with Gasteiger partial charge < -0.3 is 5.11 Å². The van der Waals surface area contributed by atoms with Gasteiger partial charge in [-0.25, -0.2) is 4.39 Å². The Bertz CT molecular complexity index is 536. The van der Waals surface area contributed by atoms with Crippen molar-refractivity contribution in [3.8, 4) is 0 Å². The van der Waals surface area contributed by atoms with Gasteiger partial charge in [0.15, 0.2) is 0 Å². The van der Waals surface area contributed by atoms with E-state index in [0.29, 0.717) is 16.7 Å². The number of rotatable bonds is 2. The Kier molecular flexibility index (Phi) is 2.97. The Hall–Kier alpha value is -1.71. The highest BCUT2D eigenvalue weighted by molar-refractivity contribution is 5.94. The zero-order valence-corrected chi connectivity index (χ0v) is 10.4. The van der Waals surface area contributed by atoms with Crippen molar-refractivity contribution < 1.29 is 19.1 Å². The maximum Gasteiger partial charge on any atom is 0.314 e. The fourth-order valence-corrected chi connectivity index (χ4v) is 2.73. The second kappa shape index (κ2) is 4.19. The van der Waals surface area contributed by atoms with Gasteiger partial charge in [-0.2, -0.15) is 0 Å². The van der Waals surface area contributed by atoms with Crippen LogP contribution in [-0.2, 0) is 15.0 Å². The number of halogens is 1. The van der Waals surface area contributed by atoms with Gasteiger partial charge in [0.05, 0.1) is 0 Å². The number of ketones is 1. The van der Waals surface area contributed by atoms with Crippen LogP contribution in [0.5, 0.6) is 0 Å². The predicted octanol–water partition coefficient (Wildman–Crippen LogP) is 2.52. The van der Waals surface area contributed by atoms with E-state index >= 15 is 0 Å². The maximum absolute atomic E-state index is 13.9. The predicted molar refractivity (Wildman–Crippen MR) is 64.0 cm³/mol. The van der Waals surface area contributed by atoms with Gasteiger partial charge in [0.25, 0.3) is 0 Å². The van der Waals surface area contributed by atoms with Crippen molar-refractivity contribution in [2.75, 3.05) is 0 Å². The van der Waals surface area contributed by atoms with Gasteiger partial charge in [-0.05, 0) is 37.0 Å². The molecule has 1 fully saturated rings. The average molecular weight is 250 g/mol. The second-order valence-corrected chi connectivity index (χ2v) is 4.97. The van der Waals surface area contributed by atoms with E-state index in [1.807, 2.05) is 0 Å². The molecule has 96 valence electrons. The number of hydrogen-bond donors (Lipinski definition) is 1. The summed E-state index contributed by atoms with van der Waals surface area (Å²) in [4.78, 5) is 23.0. The topological polar surface area (TPSA) is 54.4 Å². The van der Waals surface area contributed by atoms with Crippen molar-refractivity contribution in [3.63, 3.8) is 0 Å². The SMILES string of the molecule is Cc1ccc(C2(C(=O)O)CCC(=O)C2)c(C)c1F. The van der Waals surface area contributed by atoms with E-state index < -0.39 is 11.4 Å². The molecular weight excluding hydrogens is 235 g/mol. The zero-order chi connectivity index (χ0) is 13.5. The fourth-order valence-electron chi connectivity index (χ4n) is 2.73. The molecule has 0 radical (unpaired) electrons. The third-order valence-corrected chi connectivity index (χ3v) is 3.83. The van der Waals surface area contributed by atoms with Crippen LogP contribution in [0, 0.1) is 19.7 Å². The molecule has 0 saturated heterocycles. The number of aryl methyl sites for hydroxylation is 1. The Morgan fingerprint density at radius 1 is 1.39 bits per heavy atom. The van der Waals surface area contributed by atoms with Gasteiger partial charge in [-0.15, -0.1) is 0 Å². The minimum atomic E-state index is -1.24. The summed E-state index contributed by atoms with van der Waals surface area (Å²) in [5.41, 5.74) is 0.0209. The van der Waals surface area contributed by atoms with Crippen LogP contribution in [-0.4, -0.2) is 16.9 Å². The van der Waals surface area contributed by atoms with Gasteiger partial charge in [0, 0.05) is 12.8 Å². The maximum atomic E-state index is 13.9. The van der Waals surface area contributed by atoms with Gasteiger partial charge in [-0.1, -0.05) is 12.1 Å². The minimum Gasteiger partial charge on any atom is -0.481 e. The number of carboxylic acids is 1. The van der Waals surface area contributed by atoms with Crippen molar-refractivity contribution in [2.24, 2.45) is 0 Å². The van der Waals surface area contributed by atoms with Gasteiger partial charge >= 0.3 is 5.97 Å². The molecule has 1 saturated carbocycles. The summed E-state index contributed by atoms with van der Waals surface area (Å²) >= 11 is 0. The molecule has 0 amide bonds. The highest BCUT2D eigenvalue weighted by atomic mass is 19.1. The first-order valence-electron chi connectivity index (χ1n) is 5.90. The normalized spacial score (nSPS) is 23.4. The molecule has 0 spiro atoms. The Morgan fingerprint density at radius 2 is 2.06 bits per heavy atom. The molecule has 0 bridgehead atoms. The van der Waals surface area contributed by atoms with Crippen LogP contribution in [0.3, 0.4) is 0 Å². The van der Waals surface area contributed by atoms with Crippen LogP contribution in [0.1, 0.15) is 36.0 Å². The number of carbonyl (C=O) groups is 2. The Labute approximate surface area is 105 Å². The molecule has 1 atom stereocenters. The number of aliphatic carboxylic acids is 1. The summed E-state index contributed by atoms with van der Waals surface area (Å²) in [7, 11) is 0. The van der Waals surface area contributed by atoms with Crippen LogP contribution in [0.4, 0.5) is 4.39 Å². The second-order valence-electron chi connectivity index (χ2n) is 4.97. The molecule has 1 aliphatic rings. The van der Waals surface area contributed by atoms with Crippen molar-refractivity contribution in [1.82, 2.24) is 0 Å². The molecule has 18 heavy (non-hydrogen) atoms. The van der Waals surface area contributed by atoms with E-state index in [-0.39, 0.29) is 30.9 Å². The quantitative estimate of drug-likeness (QED) is 0.877. The van der Waals surface area contributed by atoms with E-state index in [1.165, 1.54) is 0 Å². The summed E-state index contributed by atoms with van der Waals surface area (Å²) < 4.78 is 13.9. The molecule has 2 rings (SSSR count). The number of carboxylic acid groups (broad SMARTS) is 1. The first-order valence-corrected chi connectivity index (χ1v) is 5.90. The van der Waals surface area contributed by atoms with E-state index in [9.17, 15) is 19.1 Å². The van der Waals surface area contributed by atoms with Crippen molar-refractivity contribution in [3.05, 3.63) is 34.6 Å². The van der Waals surface area contributed by atoms with Gasteiger partial charge in [0.2, 0.25) is 0 Å². The zero-order valence-electron chi connectivity index (χ0n) is 10.4. The highest BCUT2D eigenvalue weighted by Crippen LogP contribution is 2.41. The summed E-state index contributed by atoms with van der Waals surface area (Å²) in [6.07, 6.45) is 0.470. The molecule has 0 aromatic heterocycles. The van der Waals surface area contributed by atoms with E-state index in [1.54, 1.807) is 26.0 Å². The third kappa shape index (κ3) is 1.72. The fraction of sp³-hybridized carbons (Fsp3) is 0.429. The summed E-state index contributed by atoms with van der Waals surface area (Å²) in [5, 5.41) is 9.44. The lowest BCUT2D eigenvalue weighted by atomic mass is 9.76. The molecule has 1 aliphatic carbocycles. The first-order chi connectivity index (χ1) is 8.38.